The molecule has 0 bridgehead atoms. The number of nitrogens with one attached hydrogen (secondary N) is 3. The fourth-order valence-corrected chi connectivity index (χ4v) is 4.75. The average Bonchev–Trinajstić information content (AvgIpc) is 2.92. The maximum atomic E-state index is 13.4. The number of nitrogens with zero attached hydrogens (tertiary/aromatic N) is 1. The molecule has 38 heavy (non-hydrogen) atoms. The largest absolute Gasteiger partial charge is 0.497 e. The Labute approximate surface area is 221 Å². The van der Waals surface area contributed by atoms with Crippen LogP contribution in [0.4, 0.5) is 16.2 Å². The van der Waals surface area contributed by atoms with Crippen molar-refractivity contribution < 1.29 is 22.7 Å². The van der Waals surface area contributed by atoms with Gasteiger partial charge in [0.1, 0.15) is 11.8 Å². The van der Waals surface area contributed by atoms with Crippen LogP contribution in [-0.4, -0.2) is 40.6 Å². The van der Waals surface area contributed by atoms with Gasteiger partial charge in [-0.25, -0.2) is 9.52 Å². The number of likely N-dealkylation sites (N-methyl/N-ethyl adjacent to an activating group) is 1. The summed E-state index contributed by atoms with van der Waals surface area (Å²) in [6.45, 7) is 0. The SMILES string of the molecule is COc1ccc(N(C)C(=O)[C@H](Cc2ccccc2)NC(=O)NS(=O)(=O)Nc2ccc3ccccc3c2)cc1. The highest BCUT2D eigenvalue weighted by Gasteiger charge is 2.27. The minimum Gasteiger partial charge on any atom is -0.497 e. The number of methoxy groups -OCH3 is 1. The molecule has 4 aromatic carbocycles. The monoisotopic (exact) mass is 532 g/mol. The Morgan fingerprint density at radius 3 is 2.21 bits per heavy atom. The van der Waals surface area contributed by atoms with Crippen molar-refractivity contribution in [3.63, 3.8) is 0 Å². The third kappa shape index (κ3) is 6.80. The number of hydrogen-bond acceptors (Lipinski definition) is 5. The Hall–Kier alpha value is -4.57. The number of fused-ring (bicyclic) bond motifs is 1. The molecule has 0 aromatic heterocycles. The zero-order valence-electron chi connectivity index (χ0n) is 20.9. The van der Waals surface area contributed by atoms with Crippen LogP contribution in [0.1, 0.15) is 5.56 Å². The maximum absolute atomic E-state index is 13.4. The number of amides is 3. The molecule has 0 heterocycles. The third-order valence-corrected chi connectivity index (χ3v) is 6.86. The summed E-state index contributed by atoms with van der Waals surface area (Å²) in [4.78, 5) is 27.6. The summed E-state index contributed by atoms with van der Waals surface area (Å²) in [5.74, 6) is 0.214. The van der Waals surface area contributed by atoms with Gasteiger partial charge >= 0.3 is 16.2 Å². The molecule has 196 valence electrons. The van der Waals surface area contributed by atoms with Gasteiger partial charge in [-0.2, -0.15) is 8.42 Å². The third-order valence-electron chi connectivity index (χ3n) is 5.91. The van der Waals surface area contributed by atoms with Crippen molar-refractivity contribution in [2.75, 3.05) is 23.8 Å². The molecule has 9 nitrogen and oxygen atoms in total. The first-order chi connectivity index (χ1) is 18.2. The minimum atomic E-state index is -4.28. The van der Waals surface area contributed by atoms with Gasteiger partial charge < -0.3 is 15.0 Å². The van der Waals surface area contributed by atoms with Crippen LogP contribution in [0.15, 0.2) is 97.1 Å². The summed E-state index contributed by atoms with van der Waals surface area (Å²) in [5, 5.41) is 4.31. The second-order valence-electron chi connectivity index (χ2n) is 8.58. The molecule has 4 rings (SSSR count). The van der Waals surface area contributed by atoms with E-state index in [0.717, 1.165) is 16.3 Å². The van der Waals surface area contributed by atoms with Crippen molar-refractivity contribution in [1.82, 2.24) is 10.0 Å². The highest BCUT2D eigenvalue weighted by Crippen LogP contribution is 2.21. The van der Waals surface area contributed by atoms with E-state index in [-0.39, 0.29) is 6.42 Å². The van der Waals surface area contributed by atoms with E-state index in [1.165, 1.54) is 4.90 Å². The molecule has 0 fully saturated rings. The zero-order valence-corrected chi connectivity index (χ0v) is 21.7. The minimum absolute atomic E-state index is 0.158. The predicted molar refractivity (Wildman–Crippen MR) is 148 cm³/mol. The average molecular weight is 533 g/mol. The number of benzene rings is 4. The van der Waals surface area contributed by atoms with Gasteiger partial charge in [0.15, 0.2) is 0 Å². The maximum Gasteiger partial charge on any atom is 0.330 e. The lowest BCUT2D eigenvalue weighted by Crippen LogP contribution is -2.53. The summed E-state index contributed by atoms with van der Waals surface area (Å²) in [5.41, 5.74) is 1.67. The van der Waals surface area contributed by atoms with Gasteiger partial charge in [0, 0.05) is 19.2 Å². The van der Waals surface area contributed by atoms with E-state index in [9.17, 15) is 18.0 Å². The number of carbonyl (C=O) groups is 2. The molecule has 0 saturated heterocycles. The van der Waals surface area contributed by atoms with Crippen LogP contribution in [0, 0.1) is 0 Å². The standard InChI is InChI=1S/C28H28N4O5S/c1-32(24-14-16-25(37-2)17-15-24)27(33)26(18-20-8-4-3-5-9-20)29-28(34)31-38(35,36)30-23-13-12-21-10-6-7-11-22(21)19-23/h3-17,19,26,30H,18H2,1-2H3,(H2,29,31,34)/t26-/m0/s1. The molecule has 0 aliphatic carbocycles. The first-order valence-electron chi connectivity index (χ1n) is 11.8. The molecule has 3 amide bonds. The van der Waals surface area contributed by atoms with Crippen molar-refractivity contribution in [2.45, 2.75) is 12.5 Å². The molecule has 0 unspecified atom stereocenters. The molecule has 0 aliphatic heterocycles. The fourth-order valence-electron chi connectivity index (χ4n) is 3.96. The molecule has 0 radical (unpaired) electrons. The summed E-state index contributed by atoms with van der Waals surface area (Å²) in [6.07, 6.45) is 0.158. The lowest BCUT2D eigenvalue weighted by molar-refractivity contribution is -0.120. The summed E-state index contributed by atoms with van der Waals surface area (Å²) >= 11 is 0. The molecule has 3 N–H and O–H groups in total. The molecule has 1 atom stereocenters. The van der Waals surface area contributed by atoms with Gasteiger partial charge in [0.2, 0.25) is 5.91 Å². The molecule has 0 aliphatic rings. The number of ether oxygens (including phenoxy) is 1. The van der Waals surface area contributed by atoms with E-state index in [4.69, 9.17) is 4.74 Å². The summed E-state index contributed by atoms with van der Waals surface area (Å²) in [7, 11) is -1.15. The van der Waals surface area contributed by atoms with Crippen LogP contribution in [0.25, 0.3) is 10.8 Å². The summed E-state index contributed by atoms with van der Waals surface area (Å²) in [6, 6.07) is 26.5. The quantitative estimate of drug-likeness (QED) is 0.300. The van der Waals surface area contributed by atoms with E-state index in [1.807, 2.05) is 59.3 Å². The van der Waals surface area contributed by atoms with E-state index in [1.54, 1.807) is 56.6 Å². The Morgan fingerprint density at radius 1 is 0.868 bits per heavy atom. The topological polar surface area (TPSA) is 117 Å². The van der Waals surface area contributed by atoms with Gasteiger partial charge in [-0.1, -0.05) is 60.7 Å². The van der Waals surface area contributed by atoms with Crippen molar-refractivity contribution >= 4 is 44.3 Å². The molecule has 0 spiro atoms. The van der Waals surface area contributed by atoms with Gasteiger partial charge in [0.25, 0.3) is 0 Å². The first kappa shape index (κ1) is 26.5. The summed E-state index contributed by atoms with van der Waals surface area (Å²) < 4.78 is 34.8. The number of anilines is 2. The smallest absolute Gasteiger partial charge is 0.330 e. The Bertz CT molecular complexity index is 1530. The second kappa shape index (κ2) is 11.7. The van der Waals surface area contributed by atoms with Crippen molar-refractivity contribution in [3.05, 3.63) is 103 Å². The van der Waals surface area contributed by atoms with Crippen LogP contribution >= 0.6 is 0 Å². The number of hydrogen-bond donors (Lipinski definition) is 3. The highest BCUT2D eigenvalue weighted by atomic mass is 32.2. The van der Waals surface area contributed by atoms with Crippen molar-refractivity contribution in [2.24, 2.45) is 0 Å². The molecule has 4 aromatic rings. The highest BCUT2D eigenvalue weighted by molar-refractivity contribution is 7.91. The van der Waals surface area contributed by atoms with Gasteiger partial charge in [-0.3, -0.25) is 9.52 Å². The lowest BCUT2D eigenvalue weighted by atomic mass is 10.0. The van der Waals surface area contributed by atoms with Crippen molar-refractivity contribution in [3.8, 4) is 5.75 Å². The second-order valence-corrected chi connectivity index (χ2v) is 10.00. The van der Waals surface area contributed by atoms with Crippen LogP contribution in [0.3, 0.4) is 0 Å². The van der Waals surface area contributed by atoms with Gasteiger partial charge in [-0.15, -0.1) is 0 Å². The number of carbonyl (C=O) groups excluding carboxylic acids is 2. The predicted octanol–water partition coefficient (Wildman–Crippen LogP) is 4.08. The fraction of sp³-hybridized carbons (Fsp3) is 0.143. The molecule has 0 saturated carbocycles. The Kier molecular flexibility index (Phi) is 8.12. The van der Waals surface area contributed by atoms with E-state index in [0.29, 0.717) is 17.1 Å². The zero-order chi connectivity index (χ0) is 27.1. The normalized spacial score (nSPS) is 11.8. The van der Waals surface area contributed by atoms with Crippen LogP contribution in [0.2, 0.25) is 0 Å². The number of rotatable bonds is 9. The molecular formula is C28H28N4O5S. The van der Waals surface area contributed by atoms with E-state index in [2.05, 4.69) is 10.0 Å². The van der Waals surface area contributed by atoms with Gasteiger partial charge in [-0.05, 0) is 52.7 Å². The van der Waals surface area contributed by atoms with Crippen molar-refractivity contribution in [1.29, 1.82) is 0 Å². The number of urea groups is 1. The van der Waals surface area contributed by atoms with Crippen LogP contribution in [-0.2, 0) is 21.4 Å². The van der Waals surface area contributed by atoms with E-state index < -0.39 is 28.2 Å². The van der Waals surface area contributed by atoms with E-state index >= 15 is 0 Å². The Balaban J connectivity index is 1.48. The van der Waals surface area contributed by atoms with Crippen LogP contribution in [0.5, 0.6) is 5.75 Å². The Morgan fingerprint density at radius 2 is 1.53 bits per heavy atom. The lowest BCUT2D eigenvalue weighted by Gasteiger charge is -2.25. The molecule has 10 heteroatoms. The van der Waals surface area contributed by atoms with Crippen LogP contribution < -0.4 is 24.4 Å². The molecular weight excluding hydrogens is 504 g/mol. The van der Waals surface area contributed by atoms with Gasteiger partial charge in [0.05, 0.1) is 12.8 Å². The first-order valence-corrected chi connectivity index (χ1v) is 13.3.